The maximum absolute atomic E-state index is 5.19. The standard InChI is InChI=1S/C9H11O2Si/c1-6-4-5-7(12)9(11-3)8(6)10-2/h4-5H,1-3H3. The van der Waals surface area contributed by atoms with Crippen molar-refractivity contribution in [3.05, 3.63) is 17.7 Å². The minimum atomic E-state index is 0.745. The largest absolute Gasteiger partial charge is 0.493 e. The summed E-state index contributed by atoms with van der Waals surface area (Å²) < 4.78 is 10.4. The van der Waals surface area contributed by atoms with Crippen molar-refractivity contribution in [1.82, 2.24) is 0 Å². The molecule has 63 valence electrons. The highest BCUT2D eigenvalue weighted by Gasteiger charge is 2.08. The van der Waals surface area contributed by atoms with Crippen LogP contribution >= 0.6 is 0 Å². The molecule has 12 heavy (non-hydrogen) atoms. The van der Waals surface area contributed by atoms with Gasteiger partial charge in [-0.15, -0.1) is 0 Å². The number of methoxy groups -OCH3 is 2. The first kappa shape index (κ1) is 9.13. The highest BCUT2D eigenvalue weighted by atomic mass is 28.1. The lowest BCUT2D eigenvalue weighted by atomic mass is 10.2. The first-order valence-corrected chi connectivity index (χ1v) is 4.14. The van der Waals surface area contributed by atoms with E-state index in [0.717, 1.165) is 22.2 Å². The van der Waals surface area contributed by atoms with E-state index in [0.29, 0.717) is 0 Å². The molecule has 0 bridgehead atoms. The monoisotopic (exact) mass is 179 g/mol. The number of hydrogen-bond acceptors (Lipinski definition) is 2. The van der Waals surface area contributed by atoms with Gasteiger partial charge >= 0.3 is 0 Å². The van der Waals surface area contributed by atoms with Gasteiger partial charge in [-0.2, -0.15) is 0 Å². The van der Waals surface area contributed by atoms with Gasteiger partial charge in [0, 0.05) is 0 Å². The van der Waals surface area contributed by atoms with Crippen LogP contribution in [0.25, 0.3) is 0 Å². The quantitative estimate of drug-likeness (QED) is 0.625. The summed E-state index contributed by atoms with van der Waals surface area (Å²) in [7, 11) is 6.69. The van der Waals surface area contributed by atoms with E-state index in [-0.39, 0.29) is 0 Å². The lowest BCUT2D eigenvalue weighted by Gasteiger charge is -2.12. The first-order chi connectivity index (χ1) is 5.70. The number of rotatable bonds is 2. The smallest absolute Gasteiger partial charge is 0.163 e. The van der Waals surface area contributed by atoms with E-state index in [1.54, 1.807) is 14.2 Å². The summed E-state index contributed by atoms with van der Waals surface area (Å²) >= 11 is 0. The Bertz CT molecular complexity index is 255. The normalized spacial score (nSPS) is 9.67. The average molecular weight is 179 g/mol. The molecule has 0 aliphatic carbocycles. The van der Waals surface area contributed by atoms with Gasteiger partial charge in [-0.3, -0.25) is 0 Å². The Hall–Kier alpha value is -0.963. The van der Waals surface area contributed by atoms with Gasteiger partial charge in [-0.25, -0.2) is 0 Å². The summed E-state index contributed by atoms with van der Waals surface area (Å²) in [5.74, 6) is 1.53. The Balaban J connectivity index is 3.28. The Labute approximate surface area is 75.9 Å². The van der Waals surface area contributed by atoms with E-state index in [1.807, 2.05) is 19.1 Å². The SMILES string of the molecule is COc1c(C)ccc([Si])c1OC. The number of ether oxygens (including phenoxy) is 2. The van der Waals surface area contributed by atoms with Gasteiger partial charge in [-0.1, -0.05) is 12.1 Å². The first-order valence-electron chi connectivity index (χ1n) is 3.64. The molecule has 0 unspecified atom stereocenters. The Kier molecular flexibility index (Phi) is 2.76. The van der Waals surface area contributed by atoms with Crippen LogP contribution in [0, 0.1) is 6.92 Å². The molecule has 0 saturated carbocycles. The predicted octanol–water partition coefficient (Wildman–Crippen LogP) is 0.806. The van der Waals surface area contributed by atoms with Crippen LogP contribution in [-0.2, 0) is 0 Å². The molecular formula is C9H11O2Si. The van der Waals surface area contributed by atoms with Crippen LogP contribution in [-0.4, -0.2) is 24.5 Å². The molecule has 0 saturated heterocycles. The highest BCUT2D eigenvalue weighted by Crippen LogP contribution is 2.27. The summed E-state index contributed by atoms with van der Waals surface area (Å²) in [6.45, 7) is 1.98. The molecule has 3 heteroatoms. The van der Waals surface area contributed by atoms with Gasteiger partial charge in [0.25, 0.3) is 0 Å². The summed E-state index contributed by atoms with van der Waals surface area (Å²) in [6.07, 6.45) is 0. The van der Waals surface area contributed by atoms with Gasteiger partial charge in [-0.05, 0) is 17.7 Å². The van der Waals surface area contributed by atoms with Crippen LogP contribution < -0.4 is 14.7 Å². The molecule has 0 fully saturated rings. The topological polar surface area (TPSA) is 18.5 Å². The zero-order valence-electron chi connectivity index (χ0n) is 7.47. The third-order valence-electron chi connectivity index (χ3n) is 1.72. The Morgan fingerprint density at radius 1 is 1.08 bits per heavy atom. The molecule has 0 spiro atoms. The van der Waals surface area contributed by atoms with Gasteiger partial charge in [0.2, 0.25) is 0 Å². The van der Waals surface area contributed by atoms with Crippen LogP contribution in [0.15, 0.2) is 12.1 Å². The van der Waals surface area contributed by atoms with Gasteiger partial charge in [0.05, 0.1) is 24.5 Å². The Morgan fingerprint density at radius 2 is 1.67 bits per heavy atom. The maximum Gasteiger partial charge on any atom is 0.163 e. The van der Waals surface area contributed by atoms with E-state index >= 15 is 0 Å². The van der Waals surface area contributed by atoms with E-state index in [2.05, 4.69) is 10.2 Å². The van der Waals surface area contributed by atoms with Crippen molar-refractivity contribution >= 4 is 15.4 Å². The van der Waals surface area contributed by atoms with Crippen molar-refractivity contribution in [3.63, 3.8) is 0 Å². The van der Waals surface area contributed by atoms with Gasteiger partial charge in [0.1, 0.15) is 0 Å². The molecule has 1 aromatic rings. The second-order valence-corrected chi connectivity index (χ2v) is 3.04. The van der Waals surface area contributed by atoms with Gasteiger partial charge < -0.3 is 9.47 Å². The number of aryl methyl sites for hydroxylation is 1. The Morgan fingerprint density at radius 3 is 2.08 bits per heavy atom. The lowest BCUT2D eigenvalue weighted by molar-refractivity contribution is 0.355. The fraction of sp³-hybridized carbons (Fsp3) is 0.333. The van der Waals surface area contributed by atoms with E-state index in [4.69, 9.17) is 9.47 Å². The third kappa shape index (κ3) is 1.45. The van der Waals surface area contributed by atoms with Crippen molar-refractivity contribution in [3.8, 4) is 11.5 Å². The van der Waals surface area contributed by atoms with Crippen molar-refractivity contribution in [2.45, 2.75) is 6.92 Å². The van der Waals surface area contributed by atoms with E-state index < -0.39 is 0 Å². The molecule has 0 aromatic heterocycles. The molecule has 3 radical (unpaired) electrons. The van der Waals surface area contributed by atoms with Crippen LogP contribution in [0.4, 0.5) is 0 Å². The zero-order valence-corrected chi connectivity index (χ0v) is 8.47. The number of benzene rings is 1. The van der Waals surface area contributed by atoms with Crippen molar-refractivity contribution in [2.75, 3.05) is 14.2 Å². The predicted molar refractivity (Wildman–Crippen MR) is 49.7 cm³/mol. The minimum absolute atomic E-state index is 0.745. The van der Waals surface area contributed by atoms with Crippen molar-refractivity contribution in [1.29, 1.82) is 0 Å². The molecule has 1 aromatic carbocycles. The van der Waals surface area contributed by atoms with Crippen LogP contribution in [0.5, 0.6) is 11.5 Å². The van der Waals surface area contributed by atoms with Gasteiger partial charge in [0.15, 0.2) is 11.5 Å². The summed E-state index contributed by atoms with van der Waals surface area (Å²) in [5.41, 5.74) is 1.07. The summed E-state index contributed by atoms with van der Waals surface area (Å²) in [4.78, 5) is 0. The molecule has 0 heterocycles. The van der Waals surface area contributed by atoms with Crippen LogP contribution in [0.2, 0.25) is 0 Å². The van der Waals surface area contributed by atoms with Crippen LogP contribution in [0.1, 0.15) is 5.56 Å². The lowest BCUT2D eigenvalue weighted by Crippen LogP contribution is -2.09. The molecule has 0 aliphatic heterocycles. The molecule has 1 rings (SSSR count). The third-order valence-corrected chi connectivity index (χ3v) is 2.11. The highest BCUT2D eigenvalue weighted by molar-refractivity contribution is 6.34. The molecule has 0 atom stereocenters. The van der Waals surface area contributed by atoms with Crippen molar-refractivity contribution < 1.29 is 9.47 Å². The molecule has 0 N–H and O–H groups in total. The zero-order chi connectivity index (χ0) is 9.14. The number of hydrogen-bond donors (Lipinski definition) is 0. The molecule has 2 nitrogen and oxygen atoms in total. The summed E-state index contributed by atoms with van der Waals surface area (Å²) in [5, 5.41) is 0.903. The fourth-order valence-electron chi connectivity index (χ4n) is 1.12. The van der Waals surface area contributed by atoms with Crippen molar-refractivity contribution in [2.24, 2.45) is 0 Å². The fourth-order valence-corrected chi connectivity index (χ4v) is 1.42. The van der Waals surface area contributed by atoms with E-state index in [9.17, 15) is 0 Å². The summed E-state index contributed by atoms with van der Waals surface area (Å²) in [6, 6.07) is 3.91. The average Bonchev–Trinajstić information content (AvgIpc) is 2.08. The second kappa shape index (κ2) is 3.63. The van der Waals surface area contributed by atoms with E-state index in [1.165, 1.54) is 0 Å². The molecular weight excluding hydrogens is 168 g/mol. The molecule has 0 aliphatic rings. The molecule has 0 amide bonds. The van der Waals surface area contributed by atoms with Crippen LogP contribution in [0.3, 0.4) is 0 Å². The minimum Gasteiger partial charge on any atom is -0.493 e. The second-order valence-electron chi connectivity index (χ2n) is 2.50. The maximum atomic E-state index is 5.19.